The summed E-state index contributed by atoms with van der Waals surface area (Å²) in [5.74, 6) is 2.27. The minimum Gasteiger partial charge on any atom is -0.476 e. The second-order valence-electron chi connectivity index (χ2n) is 5.97. The number of aromatic nitrogens is 2. The van der Waals surface area contributed by atoms with Gasteiger partial charge in [0, 0.05) is 19.6 Å². The van der Waals surface area contributed by atoms with Crippen LogP contribution in [0.15, 0.2) is 0 Å². The highest BCUT2D eigenvalue weighted by Gasteiger charge is 2.12. The third-order valence-corrected chi connectivity index (χ3v) is 2.89. The predicted octanol–water partition coefficient (Wildman–Crippen LogP) is 2.88. The molecule has 0 aliphatic carbocycles. The molecule has 1 aromatic heterocycles. The van der Waals surface area contributed by atoms with Gasteiger partial charge in [0.25, 0.3) is 0 Å². The first-order valence-corrected chi connectivity index (χ1v) is 8.08. The van der Waals surface area contributed by atoms with Crippen molar-refractivity contribution in [3.05, 3.63) is 5.82 Å². The fourth-order valence-corrected chi connectivity index (χ4v) is 1.74. The van der Waals surface area contributed by atoms with E-state index in [2.05, 4.69) is 29.1 Å². The summed E-state index contributed by atoms with van der Waals surface area (Å²) in [7, 11) is 0. The zero-order valence-electron chi connectivity index (χ0n) is 14.5. The van der Waals surface area contributed by atoms with E-state index in [1.165, 1.54) is 0 Å². The molecule has 0 aromatic carbocycles. The summed E-state index contributed by atoms with van der Waals surface area (Å²) < 4.78 is 11.2. The highest BCUT2D eigenvalue weighted by atomic mass is 16.5. The Morgan fingerprint density at radius 1 is 1.18 bits per heavy atom. The van der Waals surface area contributed by atoms with Gasteiger partial charge >= 0.3 is 0 Å². The zero-order valence-corrected chi connectivity index (χ0v) is 14.5. The summed E-state index contributed by atoms with van der Waals surface area (Å²) in [6.45, 7) is 12.3. The number of aryl methyl sites for hydroxylation is 1. The van der Waals surface area contributed by atoms with Crippen molar-refractivity contribution in [2.75, 3.05) is 30.8 Å². The molecule has 0 aliphatic rings. The predicted molar refractivity (Wildman–Crippen MR) is 90.4 cm³/mol. The molecule has 0 bridgehead atoms. The van der Waals surface area contributed by atoms with E-state index < -0.39 is 0 Å². The van der Waals surface area contributed by atoms with Crippen LogP contribution in [-0.2, 0) is 11.2 Å². The number of ether oxygens (including phenoxy) is 2. The molecule has 0 saturated heterocycles. The molecule has 0 spiro atoms. The summed E-state index contributed by atoms with van der Waals surface area (Å²) in [4.78, 5) is 8.81. The highest BCUT2D eigenvalue weighted by molar-refractivity contribution is 5.66. The molecular weight excluding hydrogens is 280 g/mol. The Labute approximate surface area is 133 Å². The van der Waals surface area contributed by atoms with Gasteiger partial charge < -0.3 is 20.5 Å². The maximum Gasteiger partial charge on any atom is 0.242 e. The molecule has 1 rings (SSSR count). The number of hydrogen-bond acceptors (Lipinski definition) is 6. The molecule has 1 aromatic rings. The van der Waals surface area contributed by atoms with Crippen molar-refractivity contribution in [1.29, 1.82) is 0 Å². The average Bonchev–Trinajstić information content (AvgIpc) is 2.46. The number of nitrogens with zero attached hydrogens (tertiary/aromatic N) is 2. The van der Waals surface area contributed by atoms with E-state index in [1.54, 1.807) is 0 Å². The highest BCUT2D eigenvalue weighted by Crippen LogP contribution is 2.26. The summed E-state index contributed by atoms with van der Waals surface area (Å²) in [6, 6.07) is 0. The van der Waals surface area contributed by atoms with Gasteiger partial charge in [0.05, 0.1) is 12.7 Å². The third-order valence-electron chi connectivity index (χ3n) is 2.89. The standard InChI is InChI=1S/C16H30N4O2/c1-6-13-19-15(18-8-7-9-21-12(4)5)14(17)16(20-13)22-10-11(2)3/h11-12H,6-10,17H2,1-5H3,(H,18,19,20). The quantitative estimate of drug-likeness (QED) is 0.647. The fraction of sp³-hybridized carbons (Fsp3) is 0.750. The molecular formula is C16H30N4O2. The number of nitrogen functional groups attached to an aromatic ring is 1. The van der Waals surface area contributed by atoms with E-state index in [-0.39, 0.29) is 6.10 Å². The lowest BCUT2D eigenvalue weighted by Gasteiger charge is -2.15. The summed E-state index contributed by atoms with van der Waals surface area (Å²) >= 11 is 0. The van der Waals surface area contributed by atoms with Gasteiger partial charge in [-0.05, 0) is 26.2 Å². The van der Waals surface area contributed by atoms with E-state index in [1.807, 2.05) is 20.8 Å². The first-order valence-electron chi connectivity index (χ1n) is 8.08. The third kappa shape index (κ3) is 6.47. The van der Waals surface area contributed by atoms with Gasteiger partial charge in [0.15, 0.2) is 5.82 Å². The van der Waals surface area contributed by atoms with Crippen LogP contribution in [0.3, 0.4) is 0 Å². The van der Waals surface area contributed by atoms with Crippen molar-refractivity contribution in [3.8, 4) is 5.88 Å². The number of rotatable bonds is 10. The minimum atomic E-state index is 0.256. The van der Waals surface area contributed by atoms with Crippen LogP contribution in [0.2, 0.25) is 0 Å². The van der Waals surface area contributed by atoms with Crippen molar-refractivity contribution in [1.82, 2.24) is 9.97 Å². The van der Waals surface area contributed by atoms with Gasteiger partial charge in [0.2, 0.25) is 5.88 Å². The number of hydrogen-bond donors (Lipinski definition) is 2. The first-order chi connectivity index (χ1) is 10.4. The van der Waals surface area contributed by atoms with Crippen LogP contribution >= 0.6 is 0 Å². The van der Waals surface area contributed by atoms with Gasteiger partial charge in [0.1, 0.15) is 11.5 Å². The summed E-state index contributed by atoms with van der Waals surface area (Å²) in [5.41, 5.74) is 6.59. The molecule has 6 heteroatoms. The van der Waals surface area contributed by atoms with Gasteiger partial charge in [-0.3, -0.25) is 0 Å². The van der Waals surface area contributed by atoms with E-state index in [0.29, 0.717) is 36.5 Å². The van der Waals surface area contributed by atoms with E-state index >= 15 is 0 Å². The zero-order chi connectivity index (χ0) is 16.5. The Balaban J connectivity index is 2.65. The molecule has 0 saturated carbocycles. The Morgan fingerprint density at radius 2 is 1.91 bits per heavy atom. The average molecular weight is 310 g/mol. The summed E-state index contributed by atoms with van der Waals surface area (Å²) in [5, 5.41) is 3.25. The minimum absolute atomic E-state index is 0.256. The second kappa shape index (κ2) is 9.46. The molecule has 22 heavy (non-hydrogen) atoms. The molecule has 6 nitrogen and oxygen atoms in total. The normalized spacial score (nSPS) is 11.2. The largest absolute Gasteiger partial charge is 0.476 e. The maximum atomic E-state index is 6.11. The van der Waals surface area contributed by atoms with Crippen LogP contribution < -0.4 is 15.8 Å². The van der Waals surface area contributed by atoms with E-state index in [0.717, 1.165) is 25.2 Å². The molecule has 0 aliphatic heterocycles. The van der Waals surface area contributed by atoms with Crippen molar-refractivity contribution in [2.24, 2.45) is 5.92 Å². The fourth-order valence-electron chi connectivity index (χ4n) is 1.74. The molecule has 0 amide bonds. The maximum absolute atomic E-state index is 6.11. The Morgan fingerprint density at radius 3 is 2.50 bits per heavy atom. The number of nitrogens with two attached hydrogens (primary N) is 1. The first kappa shape index (κ1) is 18.5. The molecule has 0 atom stereocenters. The summed E-state index contributed by atoms with van der Waals surface area (Å²) in [6.07, 6.45) is 1.89. The topological polar surface area (TPSA) is 82.3 Å². The molecule has 0 radical (unpaired) electrons. The molecule has 3 N–H and O–H groups in total. The van der Waals surface area contributed by atoms with Crippen LogP contribution in [-0.4, -0.2) is 35.8 Å². The van der Waals surface area contributed by atoms with Crippen molar-refractivity contribution >= 4 is 11.5 Å². The SMILES string of the molecule is CCc1nc(NCCCOC(C)C)c(N)c(OCC(C)C)n1. The van der Waals surface area contributed by atoms with Crippen LogP contribution in [0, 0.1) is 5.92 Å². The van der Waals surface area contributed by atoms with Crippen LogP contribution in [0.1, 0.15) is 46.9 Å². The molecule has 0 fully saturated rings. The molecule has 0 unspecified atom stereocenters. The van der Waals surface area contributed by atoms with Crippen LogP contribution in [0.5, 0.6) is 5.88 Å². The van der Waals surface area contributed by atoms with Gasteiger partial charge in [-0.15, -0.1) is 0 Å². The molecule has 1 heterocycles. The van der Waals surface area contributed by atoms with E-state index in [9.17, 15) is 0 Å². The van der Waals surface area contributed by atoms with E-state index in [4.69, 9.17) is 15.2 Å². The van der Waals surface area contributed by atoms with Crippen LogP contribution in [0.25, 0.3) is 0 Å². The lowest BCUT2D eigenvalue weighted by molar-refractivity contribution is 0.0787. The van der Waals surface area contributed by atoms with Crippen LogP contribution in [0.4, 0.5) is 11.5 Å². The monoisotopic (exact) mass is 310 g/mol. The Kier molecular flexibility index (Phi) is 7.95. The molecule has 126 valence electrons. The number of nitrogens with one attached hydrogen (secondary N) is 1. The second-order valence-corrected chi connectivity index (χ2v) is 5.97. The lowest BCUT2D eigenvalue weighted by Crippen LogP contribution is -2.14. The van der Waals surface area contributed by atoms with Crippen molar-refractivity contribution in [3.63, 3.8) is 0 Å². The van der Waals surface area contributed by atoms with Gasteiger partial charge in [-0.1, -0.05) is 20.8 Å². The van der Waals surface area contributed by atoms with Crippen molar-refractivity contribution in [2.45, 2.75) is 53.6 Å². The lowest BCUT2D eigenvalue weighted by atomic mass is 10.2. The van der Waals surface area contributed by atoms with Gasteiger partial charge in [-0.2, -0.15) is 4.98 Å². The smallest absolute Gasteiger partial charge is 0.242 e. The Bertz CT molecular complexity index is 450. The Hall–Kier alpha value is -1.56. The number of anilines is 2. The van der Waals surface area contributed by atoms with Gasteiger partial charge in [-0.25, -0.2) is 4.98 Å². The van der Waals surface area contributed by atoms with Crippen molar-refractivity contribution < 1.29 is 9.47 Å².